The third kappa shape index (κ3) is 5.09. The molecule has 1 aromatic heterocycles. The molecule has 3 rings (SSSR count). The van der Waals surface area contributed by atoms with Crippen LogP contribution in [0.25, 0.3) is 0 Å². The van der Waals surface area contributed by atoms with Crippen LogP contribution in [0.15, 0.2) is 42.6 Å². The van der Waals surface area contributed by atoms with Crippen molar-refractivity contribution in [2.75, 3.05) is 0 Å². The zero-order valence-corrected chi connectivity index (χ0v) is 19.1. The molecular weight excluding hydrogens is 445 g/mol. The van der Waals surface area contributed by atoms with Crippen LogP contribution in [0.2, 0.25) is 15.1 Å². The van der Waals surface area contributed by atoms with Crippen molar-refractivity contribution in [1.29, 1.82) is 0 Å². The highest BCUT2D eigenvalue weighted by Gasteiger charge is 2.17. The Bertz CT molecular complexity index is 1040. The summed E-state index contributed by atoms with van der Waals surface area (Å²) in [5.41, 5.74) is 3.39. The van der Waals surface area contributed by atoms with Crippen molar-refractivity contribution in [1.82, 2.24) is 15.1 Å². The average molecular weight is 467 g/mol. The van der Waals surface area contributed by atoms with Crippen LogP contribution < -0.4 is 10.1 Å². The van der Waals surface area contributed by atoms with Crippen LogP contribution in [0.4, 0.5) is 0 Å². The molecule has 3 aromatic rings. The number of rotatable bonds is 7. The molecule has 1 N–H and O–H groups in total. The highest BCUT2D eigenvalue weighted by molar-refractivity contribution is 6.40. The number of hydrogen-bond acceptors (Lipinski definition) is 3. The molecule has 30 heavy (non-hydrogen) atoms. The number of nitrogens with one attached hydrogen (secondary N) is 1. The smallest absolute Gasteiger partial charge is 0.251 e. The van der Waals surface area contributed by atoms with E-state index in [4.69, 9.17) is 39.5 Å². The summed E-state index contributed by atoms with van der Waals surface area (Å²) >= 11 is 18.2. The quantitative estimate of drug-likeness (QED) is 0.448. The molecule has 0 saturated heterocycles. The molecule has 1 heterocycles. The first kappa shape index (κ1) is 22.5. The van der Waals surface area contributed by atoms with E-state index in [1.165, 1.54) is 0 Å². The number of halogens is 3. The molecule has 0 aliphatic heterocycles. The first-order valence-electron chi connectivity index (χ1n) is 9.49. The standard InChI is InChI=1S/C22H22Cl3N3O2/c1-4-28-14(3)18(11-26-28)13(2)27-22(29)16-7-5-6-15(8-16)12-30-21-19(24)9-17(23)10-20(21)25/h5-11,13H,4,12H2,1-3H3,(H,27,29). The van der Waals surface area contributed by atoms with Gasteiger partial charge in [0.2, 0.25) is 0 Å². The van der Waals surface area contributed by atoms with E-state index in [1.54, 1.807) is 30.5 Å². The van der Waals surface area contributed by atoms with E-state index in [-0.39, 0.29) is 18.6 Å². The van der Waals surface area contributed by atoms with Gasteiger partial charge in [0, 0.05) is 28.4 Å². The van der Waals surface area contributed by atoms with E-state index < -0.39 is 0 Å². The molecule has 8 heteroatoms. The Morgan fingerprint density at radius 3 is 2.53 bits per heavy atom. The van der Waals surface area contributed by atoms with Crippen molar-refractivity contribution in [3.8, 4) is 5.75 Å². The highest BCUT2D eigenvalue weighted by Crippen LogP contribution is 2.36. The fraction of sp³-hybridized carbons (Fsp3) is 0.273. The molecule has 0 aliphatic rings. The van der Waals surface area contributed by atoms with Crippen molar-refractivity contribution in [2.45, 2.75) is 40.0 Å². The summed E-state index contributed by atoms with van der Waals surface area (Å²) in [6.07, 6.45) is 1.80. The molecule has 0 radical (unpaired) electrons. The number of benzene rings is 2. The molecule has 1 atom stereocenters. The van der Waals surface area contributed by atoms with Gasteiger partial charge in [0.05, 0.1) is 22.3 Å². The molecule has 5 nitrogen and oxygen atoms in total. The summed E-state index contributed by atoms with van der Waals surface area (Å²) < 4.78 is 7.67. The number of amides is 1. The topological polar surface area (TPSA) is 56.2 Å². The van der Waals surface area contributed by atoms with Gasteiger partial charge >= 0.3 is 0 Å². The zero-order valence-electron chi connectivity index (χ0n) is 16.9. The molecule has 0 spiro atoms. The van der Waals surface area contributed by atoms with Gasteiger partial charge in [0.25, 0.3) is 5.91 Å². The van der Waals surface area contributed by atoms with Gasteiger partial charge in [-0.05, 0) is 50.6 Å². The largest absolute Gasteiger partial charge is 0.486 e. The third-order valence-corrected chi connectivity index (χ3v) is 5.57. The molecule has 2 aromatic carbocycles. The third-order valence-electron chi connectivity index (χ3n) is 4.79. The summed E-state index contributed by atoms with van der Waals surface area (Å²) in [6.45, 7) is 6.97. The summed E-state index contributed by atoms with van der Waals surface area (Å²) in [5.74, 6) is 0.185. The summed E-state index contributed by atoms with van der Waals surface area (Å²) in [4.78, 5) is 12.8. The van der Waals surface area contributed by atoms with E-state index in [0.717, 1.165) is 23.4 Å². The average Bonchev–Trinajstić information content (AvgIpc) is 3.08. The Balaban J connectivity index is 1.69. The first-order chi connectivity index (χ1) is 14.3. The molecule has 1 amide bonds. The lowest BCUT2D eigenvalue weighted by Gasteiger charge is -2.15. The lowest BCUT2D eigenvalue weighted by molar-refractivity contribution is 0.0939. The predicted molar refractivity (Wildman–Crippen MR) is 121 cm³/mol. The van der Waals surface area contributed by atoms with Gasteiger partial charge in [-0.2, -0.15) is 5.10 Å². The Morgan fingerprint density at radius 2 is 1.90 bits per heavy atom. The van der Waals surface area contributed by atoms with Gasteiger partial charge in [-0.1, -0.05) is 46.9 Å². The molecule has 0 aliphatic carbocycles. The Hall–Kier alpha value is -2.21. The predicted octanol–water partition coefficient (Wildman–Crippen LogP) is 6.24. The Labute approximate surface area is 190 Å². The van der Waals surface area contributed by atoms with Gasteiger partial charge in [-0.25, -0.2) is 0 Å². The minimum absolute atomic E-state index is 0.163. The maximum Gasteiger partial charge on any atom is 0.251 e. The van der Waals surface area contributed by atoms with E-state index in [2.05, 4.69) is 10.4 Å². The van der Waals surface area contributed by atoms with Crippen molar-refractivity contribution in [2.24, 2.45) is 0 Å². The number of ether oxygens (including phenoxy) is 1. The normalized spacial score (nSPS) is 11.9. The van der Waals surface area contributed by atoms with E-state index in [0.29, 0.717) is 26.4 Å². The van der Waals surface area contributed by atoms with Gasteiger partial charge in [-0.15, -0.1) is 0 Å². The molecule has 0 bridgehead atoms. The number of carbonyl (C=O) groups excluding carboxylic acids is 1. The minimum atomic E-state index is -0.171. The molecule has 0 saturated carbocycles. The first-order valence-corrected chi connectivity index (χ1v) is 10.6. The highest BCUT2D eigenvalue weighted by atomic mass is 35.5. The number of nitrogens with zero attached hydrogens (tertiary/aromatic N) is 2. The monoisotopic (exact) mass is 465 g/mol. The minimum Gasteiger partial charge on any atom is -0.486 e. The summed E-state index contributed by atoms with van der Waals surface area (Å²) in [7, 11) is 0. The molecule has 0 fully saturated rings. The maximum absolute atomic E-state index is 12.8. The maximum atomic E-state index is 12.8. The molecular formula is C22H22Cl3N3O2. The lowest BCUT2D eigenvalue weighted by Crippen LogP contribution is -2.27. The second kappa shape index (κ2) is 9.73. The Morgan fingerprint density at radius 1 is 1.20 bits per heavy atom. The molecule has 158 valence electrons. The van der Waals surface area contributed by atoms with Crippen molar-refractivity contribution >= 4 is 40.7 Å². The van der Waals surface area contributed by atoms with E-state index in [9.17, 15) is 4.79 Å². The summed E-state index contributed by atoms with van der Waals surface area (Å²) in [6, 6.07) is 10.2. The van der Waals surface area contributed by atoms with Crippen LogP contribution in [0.3, 0.4) is 0 Å². The SMILES string of the molecule is CCn1ncc(C(C)NC(=O)c2cccc(COc3c(Cl)cc(Cl)cc3Cl)c2)c1C. The summed E-state index contributed by atoms with van der Waals surface area (Å²) in [5, 5.41) is 8.47. The fourth-order valence-electron chi connectivity index (χ4n) is 3.19. The van der Waals surface area contributed by atoms with Crippen LogP contribution in [0.1, 0.15) is 47.1 Å². The van der Waals surface area contributed by atoms with Gasteiger partial charge in [-0.3, -0.25) is 9.48 Å². The Kier molecular flexibility index (Phi) is 7.29. The van der Waals surface area contributed by atoms with Gasteiger partial charge < -0.3 is 10.1 Å². The van der Waals surface area contributed by atoms with Gasteiger partial charge in [0.1, 0.15) is 6.61 Å². The van der Waals surface area contributed by atoms with Crippen LogP contribution >= 0.6 is 34.8 Å². The second-order valence-electron chi connectivity index (χ2n) is 6.88. The number of aromatic nitrogens is 2. The van der Waals surface area contributed by atoms with Crippen LogP contribution in [0, 0.1) is 6.92 Å². The fourth-order valence-corrected chi connectivity index (χ4v) is 4.11. The second-order valence-corrected chi connectivity index (χ2v) is 8.13. The zero-order chi connectivity index (χ0) is 21.8. The van der Waals surface area contributed by atoms with Crippen molar-refractivity contribution < 1.29 is 9.53 Å². The van der Waals surface area contributed by atoms with E-state index >= 15 is 0 Å². The van der Waals surface area contributed by atoms with E-state index in [1.807, 2.05) is 37.6 Å². The number of aryl methyl sites for hydroxylation is 1. The lowest BCUT2D eigenvalue weighted by atomic mass is 10.1. The van der Waals surface area contributed by atoms with Crippen LogP contribution in [0.5, 0.6) is 5.75 Å². The van der Waals surface area contributed by atoms with Crippen molar-refractivity contribution in [3.05, 3.63) is 80.0 Å². The van der Waals surface area contributed by atoms with Gasteiger partial charge in [0.15, 0.2) is 5.75 Å². The van der Waals surface area contributed by atoms with Crippen molar-refractivity contribution in [3.63, 3.8) is 0 Å². The number of hydrogen-bond donors (Lipinski definition) is 1. The molecule has 1 unspecified atom stereocenters. The number of carbonyl (C=O) groups is 1. The van der Waals surface area contributed by atoms with Crippen LogP contribution in [-0.2, 0) is 13.2 Å². The van der Waals surface area contributed by atoms with Crippen LogP contribution in [-0.4, -0.2) is 15.7 Å².